The van der Waals surface area contributed by atoms with E-state index in [1.807, 2.05) is 17.5 Å². The molecule has 2 aromatic heterocycles. The fourth-order valence-corrected chi connectivity index (χ4v) is 2.07. The van der Waals surface area contributed by atoms with Gasteiger partial charge in [-0.15, -0.1) is 11.3 Å². The Hall–Kier alpha value is -1.33. The summed E-state index contributed by atoms with van der Waals surface area (Å²) in [5.74, 6) is 0.959. The molecule has 0 saturated carbocycles. The van der Waals surface area contributed by atoms with Crippen LogP contribution in [0.1, 0.15) is 18.2 Å². The highest BCUT2D eigenvalue weighted by atomic mass is 35.5. The molecule has 0 fully saturated rings. The van der Waals surface area contributed by atoms with Crippen molar-refractivity contribution in [2.24, 2.45) is 0 Å². The first-order valence-electron chi connectivity index (χ1n) is 5.71. The fourth-order valence-electron chi connectivity index (χ4n) is 1.31. The molecule has 2 rings (SSSR count). The highest BCUT2D eigenvalue weighted by Gasteiger charge is 2.07. The van der Waals surface area contributed by atoms with Gasteiger partial charge in [0.1, 0.15) is 11.6 Å². The van der Waals surface area contributed by atoms with Crippen LogP contribution in [0.2, 0.25) is 5.02 Å². The SMILES string of the molecule is CCCNc1ncc(Cl)c(OCc2cccs2)n1. The first-order chi connectivity index (χ1) is 8.79. The van der Waals surface area contributed by atoms with E-state index in [4.69, 9.17) is 16.3 Å². The van der Waals surface area contributed by atoms with Gasteiger partial charge in [-0.1, -0.05) is 24.6 Å². The number of nitrogens with one attached hydrogen (secondary N) is 1. The minimum atomic E-state index is 0.415. The molecule has 0 aliphatic carbocycles. The average Bonchev–Trinajstić information content (AvgIpc) is 2.89. The molecule has 2 heterocycles. The second-order valence-corrected chi connectivity index (χ2v) is 5.08. The van der Waals surface area contributed by atoms with E-state index in [1.165, 1.54) is 0 Å². The van der Waals surface area contributed by atoms with Gasteiger partial charge in [0.15, 0.2) is 0 Å². The number of anilines is 1. The summed E-state index contributed by atoms with van der Waals surface area (Å²) in [5.41, 5.74) is 0. The van der Waals surface area contributed by atoms with E-state index in [2.05, 4.69) is 22.2 Å². The van der Waals surface area contributed by atoms with Crippen molar-refractivity contribution in [1.82, 2.24) is 9.97 Å². The fraction of sp³-hybridized carbons (Fsp3) is 0.333. The molecule has 0 atom stereocenters. The third kappa shape index (κ3) is 3.58. The van der Waals surface area contributed by atoms with Crippen molar-refractivity contribution >= 4 is 28.9 Å². The third-order valence-corrected chi connectivity index (χ3v) is 3.29. The Morgan fingerprint density at radius 3 is 3.11 bits per heavy atom. The molecule has 0 bridgehead atoms. The lowest BCUT2D eigenvalue weighted by Crippen LogP contribution is -2.05. The summed E-state index contributed by atoms with van der Waals surface area (Å²) in [6, 6.07) is 4.00. The Balaban J connectivity index is 2.01. The first kappa shape index (κ1) is 13.1. The van der Waals surface area contributed by atoms with Gasteiger partial charge >= 0.3 is 0 Å². The molecule has 0 aromatic carbocycles. The van der Waals surface area contributed by atoms with E-state index in [-0.39, 0.29) is 0 Å². The summed E-state index contributed by atoms with van der Waals surface area (Å²) in [7, 11) is 0. The third-order valence-electron chi connectivity index (χ3n) is 2.18. The van der Waals surface area contributed by atoms with Gasteiger partial charge in [-0.3, -0.25) is 0 Å². The lowest BCUT2D eigenvalue weighted by molar-refractivity contribution is 0.297. The van der Waals surface area contributed by atoms with Gasteiger partial charge in [-0.05, 0) is 17.9 Å². The van der Waals surface area contributed by atoms with Gasteiger partial charge < -0.3 is 10.1 Å². The number of rotatable bonds is 6. The van der Waals surface area contributed by atoms with Crippen molar-refractivity contribution in [3.8, 4) is 5.88 Å². The number of thiophene rings is 1. The van der Waals surface area contributed by atoms with E-state index in [9.17, 15) is 0 Å². The van der Waals surface area contributed by atoms with Gasteiger partial charge in [-0.2, -0.15) is 4.98 Å². The van der Waals surface area contributed by atoms with Crippen LogP contribution < -0.4 is 10.1 Å². The molecular formula is C12H14ClN3OS. The van der Waals surface area contributed by atoms with Crippen LogP contribution >= 0.6 is 22.9 Å². The molecule has 0 spiro atoms. The summed E-state index contributed by atoms with van der Waals surface area (Å²) in [4.78, 5) is 9.46. The predicted octanol–water partition coefficient (Wildman–Crippen LogP) is 3.59. The molecule has 96 valence electrons. The zero-order valence-electron chi connectivity index (χ0n) is 10.0. The van der Waals surface area contributed by atoms with E-state index < -0.39 is 0 Å². The number of ether oxygens (including phenoxy) is 1. The summed E-state index contributed by atoms with van der Waals surface area (Å²) in [5, 5.41) is 5.53. The Morgan fingerprint density at radius 2 is 2.39 bits per heavy atom. The van der Waals surface area contributed by atoms with Crippen molar-refractivity contribution in [3.05, 3.63) is 33.6 Å². The minimum Gasteiger partial charge on any atom is -0.471 e. The molecule has 0 unspecified atom stereocenters. The van der Waals surface area contributed by atoms with Crippen molar-refractivity contribution in [2.75, 3.05) is 11.9 Å². The van der Waals surface area contributed by atoms with Crippen molar-refractivity contribution in [1.29, 1.82) is 0 Å². The highest BCUT2D eigenvalue weighted by molar-refractivity contribution is 7.09. The van der Waals surface area contributed by atoms with Gasteiger partial charge in [0.2, 0.25) is 11.8 Å². The minimum absolute atomic E-state index is 0.415. The van der Waals surface area contributed by atoms with Crippen LogP contribution in [0.4, 0.5) is 5.95 Å². The molecule has 0 saturated heterocycles. The first-order valence-corrected chi connectivity index (χ1v) is 6.97. The Bertz CT molecular complexity index is 490. The quantitative estimate of drug-likeness (QED) is 0.880. The van der Waals surface area contributed by atoms with Crippen LogP contribution in [0.25, 0.3) is 0 Å². The van der Waals surface area contributed by atoms with Crippen LogP contribution in [0.5, 0.6) is 5.88 Å². The Kier molecular flexibility index (Phi) is 4.78. The smallest absolute Gasteiger partial charge is 0.237 e. The molecule has 4 nitrogen and oxygen atoms in total. The topological polar surface area (TPSA) is 47.0 Å². The number of aromatic nitrogens is 2. The molecule has 0 radical (unpaired) electrons. The molecular weight excluding hydrogens is 270 g/mol. The summed E-state index contributed by atoms with van der Waals surface area (Å²) in [6.45, 7) is 3.38. The number of halogens is 1. The van der Waals surface area contributed by atoms with Gasteiger partial charge in [0.25, 0.3) is 0 Å². The second-order valence-electron chi connectivity index (χ2n) is 3.64. The van der Waals surface area contributed by atoms with Crippen LogP contribution in [0.3, 0.4) is 0 Å². The molecule has 0 aliphatic heterocycles. The van der Waals surface area contributed by atoms with Gasteiger partial charge in [0.05, 0.1) is 6.20 Å². The van der Waals surface area contributed by atoms with Gasteiger partial charge in [0, 0.05) is 11.4 Å². The van der Waals surface area contributed by atoms with E-state index in [0.717, 1.165) is 17.8 Å². The van der Waals surface area contributed by atoms with Crippen LogP contribution in [0, 0.1) is 0 Å². The van der Waals surface area contributed by atoms with Crippen molar-refractivity contribution in [2.45, 2.75) is 20.0 Å². The number of hydrogen-bond donors (Lipinski definition) is 1. The molecule has 0 aliphatic rings. The van der Waals surface area contributed by atoms with E-state index >= 15 is 0 Å². The summed E-state index contributed by atoms with van der Waals surface area (Å²) >= 11 is 7.64. The predicted molar refractivity (Wildman–Crippen MR) is 74.5 cm³/mol. The van der Waals surface area contributed by atoms with Crippen molar-refractivity contribution < 1.29 is 4.74 Å². The monoisotopic (exact) mass is 283 g/mol. The maximum atomic E-state index is 6.00. The average molecular weight is 284 g/mol. The number of hydrogen-bond acceptors (Lipinski definition) is 5. The molecule has 6 heteroatoms. The zero-order chi connectivity index (χ0) is 12.8. The Labute approximate surface area is 115 Å². The second kappa shape index (κ2) is 6.56. The molecule has 0 amide bonds. The van der Waals surface area contributed by atoms with Crippen LogP contribution in [-0.2, 0) is 6.61 Å². The van der Waals surface area contributed by atoms with Gasteiger partial charge in [-0.25, -0.2) is 4.98 Å². The largest absolute Gasteiger partial charge is 0.471 e. The zero-order valence-corrected chi connectivity index (χ0v) is 11.6. The molecule has 18 heavy (non-hydrogen) atoms. The van der Waals surface area contributed by atoms with E-state index in [0.29, 0.717) is 23.5 Å². The lowest BCUT2D eigenvalue weighted by Gasteiger charge is -2.08. The lowest BCUT2D eigenvalue weighted by atomic mass is 10.5. The van der Waals surface area contributed by atoms with Crippen LogP contribution in [0.15, 0.2) is 23.7 Å². The highest BCUT2D eigenvalue weighted by Crippen LogP contribution is 2.23. The molecule has 1 N–H and O–H groups in total. The normalized spacial score (nSPS) is 10.3. The number of nitrogens with zero attached hydrogens (tertiary/aromatic N) is 2. The van der Waals surface area contributed by atoms with Crippen LogP contribution in [-0.4, -0.2) is 16.5 Å². The maximum Gasteiger partial charge on any atom is 0.237 e. The standard InChI is InChI=1S/C12H14ClN3OS/c1-2-5-14-12-15-7-10(13)11(16-12)17-8-9-4-3-6-18-9/h3-4,6-7H,2,5,8H2,1H3,(H,14,15,16). The maximum absolute atomic E-state index is 6.00. The Morgan fingerprint density at radius 1 is 1.50 bits per heavy atom. The molecule has 2 aromatic rings. The van der Waals surface area contributed by atoms with Crippen molar-refractivity contribution in [3.63, 3.8) is 0 Å². The van der Waals surface area contributed by atoms with E-state index in [1.54, 1.807) is 17.5 Å². The summed E-state index contributed by atoms with van der Waals surface area (Å²) < 4.78 is 5.59. The summed E-state index contributed by atoms with van der Waals surface area (Å²) in [6.07, 6.45) is 2.56.